The van der Waals surface area contributed by atoms with Crippen molar-refractivity contribution in [2.45, 2.75) is 13.3 Å². The van der Waals surface area contributed by atoms with Gasteiger partial charge in [-0.25, -0.2) is 23.1 Å². The summed E-state index contributed by atoms with van der Waals surface area (Å²) < 4.78 is 44.9. The van der Waals surface area contributed by atoms with Crippen molar-refractivity contribution in [2.75, 3.05) is 25.6 Å². The maximum absolute atomic E-state index is 13.7. The quantitative estimate of drug-likeness (QED) is 0.591. The van der Waals surface area contributed by atoms with Gasteiger partial charge in [0.1, 0.15) is 5.69 Å². The molecule has 1 heterocycles. The maximum Gasteiger partial charge on any atom is 0.270 e. The van der Waals surface area contributed by atoms with Crippen LogP contribution in [0.2, 0.25) is 0 Å². The third kappa shape index (κ3) is 4.90. The smallest absolute Gasteiger partial charge is 0.270 e. The molecule has 0 unspecified atom stereocenters. The van der Waals surface area contributed by atoms with Crippen molar-refractivity contribution in [3.8, 4) is 0 Å². The van der Waals surface area contributed by atoms with E-state index in [2.05, 4.69) is 20.6 Å². The molecular weight excluding hydrogens is 337 g/mol. The first-order chi connectivity index (χ1) is 11.9. The molecule has 2 rings (SSSR count). The number of amides is 1. The van der Waals surface area contributed by atoms with Gasteiger partial charge in [0.25, 0.3) is 5.91 Å². The minimum Gasteiger partial charge on any atom is -0.385 e. The van der Waals surface area contributed by atoms with Gasteiger partial charge in [0.2, 0.25) is 5.95 Å². The molecule has 0 aliphatic carbocycles. The molecule has 1 aromatic heterocycles. The third-order valence-corrected chi connectivity index (χ3v) is 3.18. The van der Waals surface area contributed by atoms with Gasteiger partial charge in [-0.05, 0) is 31.5 Å². The number of aryl methyl sites for hydroxylation is 1. The van der Waals surface area contributed by atoms with E-state index >= 15 is 0 Å². The second-order valence-corrected chi connectivity index (χ2v) is 5.17. The normalized spacial score (nSPS) is 10.6. The van der Waals surface area contributed by atoms with Crippen molar-refractivity contribution in [3.05, 3.63) is 47.0 Å². The summed E-state index contributed by atoms with van der Waals surface area (Å²) in [4.78, 5) is 20.1. The fourth-order valence-electron chi connectivity index (χ4n) is 1.99. The summed E-state index contributed by atoms with van der Waals surface area (Å²) in [5.74, 6) is -4.84. The van der Waals surface area contributed by atoms with Crippen LogP contribution in [0, 0.1) is 24.4 Å². The molecule has 0 radical (unpaired) electrons. The molecule has 0 atom stereocenters. The molecule has 134 valence electrons. The Bertz CT molecular complexity index is 771. The molecule has 6 nitrogen and oxygen atoms in total. The molecule has 2 aromatic rings. The predicted octanol–water partition coefficient (Wildman–Crippen LogP) is 2.71. The number of rotatable bonds is 7. The van der Waals surface area contributed by atoms with Crippen molar-refractivity contribution in [3.63, 3.8) is 0 Å². The highest BCUT2D eigenvalue weighted by atomic mass is 19.2. The highest BCUT2D eigenvalue weighted by molar-refractivity contribution is 5.92. The SMILES string of the molecule is COCCCNC(=O)c1cc(C)nc(Nc2ccc(F)c(F)c2F)n1. The topological polar surface area (TPSA) is 76.1 Å². The van der Waals surface area contributed by atoms with Crippen LogP contribution >= 0.6 is 0 Å². The summed E-state index contributed by atoms with van der Waals surface area (Å²) in [7, 11) is 1.56. The lowest BCUT2D eigenvalue weighted by molar-refractivity contribution is 0.0943. The molecule has 9 heteroatoms. The average molecular weight is 354 g/mol. The zero-order chi connectivity index (χ0) is 18.4. The van der Waals surface area contributed by atoms with Crippen molar-refractivity contribution in [1.29, 1.82) is 0 Å². The number of methoxy groups -OCH3 is 1. The summed E-state index contributed by atoms with van der Waals surface area (Å²) in [6, 6.07) is 3.25. The van der Waals surface area contributed by atoms with Gasteiger partial charge in [-0.2, -0.15) is 0 Å². The van der Waals surface area contributed by atoms with Gasteiger partial charge in [-0.15, -0.1) is 0 Å². The number of aromatic nitrogens is 2. The van der Waals surface area contributed by atoms with Gasteiger partial charge < -0.3 is 15.4 Å². The summed E-state index contributed by atoms with van der Waals surface area (Å²) in [5, 5.41) is 5.11. The van der Waals surface area contributed by atoms with Crippen LogP contribution in [0.25, 0.3) is 0 Å². The van der Waals surface area contributed by atoms with Crippen LogP contribution in [-0.2, 0) is 4.74 Å². The molecule has 0 saturated heterocycles. The molecule has 1 aromatic carbocycles. The van der Waals surface area contributed by atoms with Gasteiger partial charge in [-0.1, -0.05) is 0 Å². The van der Waals surface area contributed by atoms with E-state index in [0.29, 0.717) is 25.3 Å². The third-order valence-electron chi connectivity index (χ3n) is 3.18. The molecule has 0 aliphatic heterocycles. The summed E-state index contributed by atoms with van der Waals surface area (Å²) >= 11 is 0. The minimum absolute atomic E-state index is 0.0652. The number of nitrogens with zero attached hydrogens (tertiary/aromatic N) is 2. The summed E-state index contributed by atoms with van der Waals surface area (Å²) in [6.45, 7) is 2.53. The van der Waals surface area contributed by atoms with E-state index in [1.165, 1.54) is 6.07 Å². The lowest BCUT2D eigenvalue weighted by atomic mass is 10.2. The largest absolute Gasteiger partial charge is 0.385 e. The van der Waals surface area contributed by atoms with Gasteiger partial charge in [0.05, 0.1) is 5.69 Å². The zero-order valence-corrected chi connectivity index (χ0v) is 13.7. The Morgan fingerprint density at radius 1 is 1.20 bits per heavy atom. The van der Waals surface area contributed by atoms with Crippen LogP contribution in [0.1, 0.15) is 22.6 Å². The molecule has 0 bridgehead atoms. The monoisotopic (exact) mass is 354 g/mol. The number of halogens is 3. The standard InChI is InChI=1S/C16H17F3N4O2/c1-9-8-12(15(24)20-6-3-7-25-2)23-16(21-9)22-11-5-4-10(17)13(18)14(11)19/h4-5,8H,3,6-7H2,1-2H3,(H,20,24)(H,21,22,23). The molecule has 0 spiro atoms. The van der Waals surface area contributed by atoms with Crippen LogP contribution < -0.4 is 10.6 Å². The molecule has 2 N–H and O–H groups in total. The molecular formula is C16H17F3N4O2. The Balaban J connectivity index is 2.16. The highest BCUT2D eigenvalue weighted by Gasteiger charge is 2.15. The lowest BCUT2D eigenvalue weighted by Gasteiger charge is -2.10. The highest BCUT2D eigenvalue weighted by Crippen LogP contribution is 2.22. The van der Waals surface area contributed by atoms with Gasteiger partial charge in [-0.3, -0.25) is 4.79 Å². The number of anilines is 2. The fraction of sp³-hybridized carbons (Fsp3) is 0.312. The number of benzene rings is 1. The van der Waals surface area contributed by atoms with E-state index in [1.807, 2.05) is 0 Å². The Morgan fingerprint density at radius 3 is 2.68 bits per heavy atom. The number of nitrogens with one attached hydrogen (secondary N) is 2. The first kappa shape index (κ1) is 18.7. The Kier molecular flexibility index (Phi) is 6.29. The van der Waals surface area contributed by atoms with Crippen molar-refractivity contribution in [2.24, 2.45) is 0 Å². The molecule has 0 saturated carbocycles. The van der Waals surface area contributed by atoms with Crippen molar-refractivity contribution in [1.82, 2.24) is 15.3 Å². The first-order valence-electron chi connectivity index (χ1n) is 7.45. The number of ether oxygens (including phenoxy) is 1. The van der Waals surface area contributed by atoms with Crippen LogP contribution in [0.5, 0.6) is 0 Å². The minimum atomic E-state index is -1.60. The van der Waals surface area contributed by atoms with E-state index in [0.717, 1.165) is 12.1 Å². The number of hydrogen-bond acceptors (Lipinski definition) is 5. The van der Waals surface area contributed by atoms with Crippen LogP contribution in [0.4, 0.5) is 24.8 Å². The second-order valence-electron chi connectivity index (χ2n) is 5.17. The lowest BCUT2D eigenvalue weighted by Crippen LogP contribution is -2.26. The van der Waals surface area contributed by atoms with Gasteiger partial charge in [0.15, 0.2) is 17.5 Å². The van der Waals surface area contributed by atoms with Crippen molar-refractivity contribution >= 4 is 17.5 Å². The first-order valence-corrected chi connectivity index (χ1v) is 7.45. The second kappa shape index (κ2) is 8.43. The predicted molar refractivity (Wildman–Crippen MR) is 85.2 cm³/mol. The number of carbonyl (C=O) groups excluding carboxylic acids is 1. The number of hydrogen-bond donors (Lipinski definition) is 2. The molecule has 1 amide bonds. The van der Waals surface area contributed by atoms with Crippen LogP contribution in [0.15, 0.2) is 18.2 Å². The van der Waals surface area contributed by atoms with Crippen LogP contribution in [-0.4, -0.2) is 36.1 Å². The Hall–Kier alpha value is -2.68. The fourth-order valence-corrected chi connectivity index (χ4v) is 1.99. The van der Waals surface area contributed by atoms with E-state index in [1.54, 1.807) is 14.0 Å². The van der Waals surface area contributed by atoms with Gasteiger partial charge in [0, 0.05) is 26.0 Å². The van der Waals surface area contributed by atoms with Gasteiger partial charge >= 0.3 is 0 Å². The zero-order valence-electron chi connectivity index (χ0n) is 13.7. The van der Waals surface area contributed by atoms with E-state index in [4.69, 9.17) is 4.74 Å². The van der Waals surface area contributed by atoms with E-state index in [9.17, 15) is 18.0 Å². The number of carbonyl (C=O) groups is 1. The summed E-state index contributed by atoms with van der Waals surface area (Å²) in [5.41, 5.74) is 0.175. The Morgan fingerprint density at radius 2 is 1.96 bits per heavy atom. The van der Waals surface area contributed by atoms with Crippen molar-refractivity contribution < 1.29 is 22.7 Å². The maximum atomic E-state index is 13.7. The van der Waals surface area contributed by atoms with Crippen LogP contribution in [0.3, 0.4) is 0 Å². The molecule has 25 heavy (non-hydrogen) atoms. The molecule has 0 aliphatic rings. The van der Waals surface area contributed by atoms with E-state index in [-0.39, 0.29) is 17.3 Å². The summed E-state index contributed by atoms with van der Waals surface area (Å²) in [6.07, 6.45) is 0.636. The van der Waals surface area contributed by atoms with E-state index < -0.39 is 23.4 Å². The average Bonchev–Trinajstić information content (AvgIpc) is 2.58. The molecule has 0 fully saturated rings. The Labute approximate surface area is 142 Å².